The van der Waals surface area contributed by atoms with Crippen molar-refractivity contribution in [3.05, 3.63) is 88.5 Å². The molecule has 0 aliphatic heterocycles. The second kappa shape index (κ2) is 7.92. The lowest BCUT2D eigenvalue weighted by molar-refractivity contribution is 0.582. The molecule has 0 aliphatic carbocycles. The zero-order valence-corrected chi connectivity index (χ0v) is 15.5. The summed E-state index contributed by atoms with van der Waals surface area (Å²) in [5.74, 6) is 2.04. The standard InChI is InChI=1S/C19H10ClF3N2O2S/c20-15-3-1-2-4-18(15)28(26,27)25-19-16(22)8-12(9-17(19)23)5-6-13-7-14(21)11-24-10-13/h1-4,7-11,25H. The second-order valence-electron chi connectivity index (χ2n) is 5.49. The molecule has 0 unspecified atom stereocenters. The van der Waals surface area contributed by atoms with E-state index in [2.05, 4.69) is 16.8 Å². The molecule has 4 nitrogen and oxygen atoms in total. The first-order valence-electron chi connectivity index (χ1n) is 7.65. The van der Waals surface area contributed by atoms with Crippen molar-refractivity contribution in [2.45, 2.75) is 4.90 Å². The number of halogens is 4. The monoisotopic (exact) mass is 422 g/mol. The summed E-state index contributed by atoms with van der Waals surface area (Å²) in [5, 5.41) is -0.0954. The molecule has 0 fully saturated rings. The molecule has 3 aromatic rings. The van der Waals surface area contributed by atoms with E-state index in [0.717, 1.165) is 24.4 Å². The van der Waals surface area contributed by atoms with Gasteiger partial charge in [-0.3, -0.25) is 9.71 Å². The molecule has 0 radical (unpaired) electrons. The van der Waals surface area contributed by atoms with Gasteiger partial charge < -0.3 is 0 Å². The minimum Gasteiger partial charge on any atom is -0.274 e. The molecule has 1 aromatic heterocycles. The van der Waals surface area contributed by atoms with Crippen LogP contribution in [0, 0.1) is 29.3 Å². The van der Waals surface area contributed by atoms with E-state index in [1.165, 1.54) is 30.5 Å². The maximum Gasteiger partial charge on any atom is 0.263 e. The van der Waals surface area contributed by atoms with Gasteiger partial charge >= 0.3 is 0 Å². The Balaban J connectivity index is 1.92. The SMILES string of the molecule is O=S(=O)(Nc1c(F)cc(C#Cc2cncc(F)c2)cc1F)c1ccccc1Cl. The Morgan fingerprint density at radius 1 is 0.929 bits per heavy atom. The normalized spacial score (nSPS) is 10.9. The highest BCUT2D eigenvalue weighted by Crippen LogP contribution is 2.27. The van der Waals surface area contributed by atoms with Gasteiger partial charge in [-0.05, 0) is 30.3 Å². The number of rotatable bonds is 3. The molecule has 3 rings (SSSR count). The van der Waals surface area contributed by atoms with Crippen molar-refractivity contribution in [3.8, 4) is 11.8 Å². The molecular formula is C19H10ClF3N2O2S. The fourth-order valence-corrected chi connectivity index (χ4v) is 3.82. The smallest absolute Gasteiger partial charge is 0.263 e. The van der Waals surface area contributed by atoms with E-state index in [1.807, 2.05) is 4.72 Å². The Bertz CT molecular complexity index is 1200. The van der Waals surface area contributed by atoms with E-state index in [0.29, 0.717) is 0 Å². The highest BCUT2D eigenvalue weighted by atomic mass is 35.5. The van der Waals surface area contributed by atoms with Crippen molar-refractivity contribution in [3.63, 3.8) is 0 Å². The molecule has 142 valence electrons. The minimum absolute atomic E-state index is 0.0695. The van der Waals surface area contributed by atoms with Gasteiger partial charge in [0.1, 0.15) is 16.4 Å². The van der Waals surface area contributed by atoms with Crippen LogP contribution in [0.3, 0.4) is 0 Å². The van der Waals surface area contributed by atoms with Gasteiger partial charge in [0.15, 0.2) is 11.6 Å². The van der Waals surface area contributed by atoms with Gasteiger partial charge in [-0.15, -0.1) is 0 Å². The van der Waals surface area contributed by atoms with Crippen LogP contribution >= 0.6 is 11.6 Å². The van der Waals surface area contributed by atoms with Gasteiger partial charge in [0.25, 0.3) is 10.0 Å². The summed E-state index contributed by atoms with van der Waals surface area (Å²) in [5.41, 5.74) is -0.720. The average Bonchev–Trinajstić information content (AvgIpc) is 2.63. The highest BCUT2D eigenvalue weighted by Gasteiger charge is 2.22. The summed E-state index contributed by atoms with van der Waals surface area (Å²) in [4.78, 5) is 3.29. The first kappa shape index (κ1) is 19.7. The van der Waals surface area contributed by atoms with E-state index >= 15 is 0 Å². The Hall–Kier alpha value is -3.02. The molecule has 1 heterocycles. The number of nitrogens with zero attached hydrogens (tertiary/aromatic N) is 1. The van der Waals surface area contributed by atoms with Gasteiger partial charge in [0.05, 0.1) is 11.2 Å². The quantitative estimate of drug-likeness (QED) is 0.638. The van der Waals surface area contributed by atoms with Crippen molar-refractivity contribution < 1.29 is 21.6 Å². The van der Waals surface area contributed by atoms with Crippen molar-refractivity contribution in [2.75, 3.05) is 4.72 Å². The number of sulfonamides is 1. The van der Waals surface area contributed by atoms with E-state index in [1.54, 1.807) is 0 Å². The van der Waals surface area contributed by atoms with Crippen molar-refractivity contribution in [1.82, 2.24) is 4.98 Å². The largest absolute Gasteiger partial charge is 0.274 e. The molecule has 0 aliphatic rings. The van der Waals surface area contributed by atoms with E-state index in [-0.39, 0.29) is 21.0 Å². The van der Waals surface area contributed by atoms with Crippen molar-refractivity contribution in [1.29, 1.82) is 0 Å². The van der Waals surface area contributed by atoms with Gasteiger partial charge in [-0.1, -0.05) is 35.6 Å². The summed E-state index contributed by atoms with van der Waals surface area (Å²) < 4.78 is 68.3. The zero-order chi connectivity index (χ0) is 20.3. The number of nitrogens with one attached hydrogen (secondary N) is 1. The molecule has 9 heteroatoms. The molecule has 0 saturated carbocycles. The minimum atomic E-state index is -4.31. The molecule has 0 spiro atoms. The van der Waals surface area contributed by atoms with Crippen molar-refractivity contribution >= 4 is 27.3 Å². The maximum absolute atomic E-state index is 14.3. The molecule has 1 N–H and O–H groups in total. The summed E-state index contributed by atoms with van der Waals surface area (Å²) >= 11 is 5.83. The molecule has 0 saturated heterocycles. The molecule has 0 atom stereocenters. The van der Waals surface area contributed by atoms with Gasteiger partial charge in [-0.25, -0.2) is 21.6 Å². The van der Waals surface area contributed by atoms with Crippen LogP contribution in [0.2, 0.25) is 5.02 Å². The fraction of sp³-hybridized carbons (Fsp3) is 0. The Kier molecular flexibility index (Phi) is 5.58. The first-order valence-corrected chi connectivity index (χ1v) is 9.51. The molecule has 0 amide bonds. The third-order valence-electron chi connectivity index (χ3n) is 3.46. The molecule has 0 bridgehead atoms. The maximum atomic E-state index is 14.3. The first-order chi connectivity index (χ1) is 13.3. The predicted octanol–water partition coefficient (Wildman–Crippen LogP) is 4.35. The summed E-state index contributed by atoms with van der Waals surface area (Å²) in [6.45, 7) is 0. The Morgan fingerprint density at radius 3 is 2.21 bits per heavy atom. The Morgan fingerprint density at radius 2 is 1.57 bits per heavy atom. The Labute approximate surface area is 164 Å². The number of hydrogen-bond acceptors (Lipinski definition) is 3. The zero-order valence-electron chi connectivity index (χ0n) is 13.9. The predicted molar refractivity (Wildman–Crippen MR) is 98.8 cm³/mol. The topological polar surface area (TPSA) is 59.1 Å². The number of benzene rings is 2. The van der Waals surface area contributed by atoms with Gasteiger partial charge in [0, 0.05) is 17.3 Å². The van der Waals surface area contributed by atoms with Crippen LogP contribution in [0.5, 0.6) is 0 Å². The number of pyridine rings is 1. The average molecular weight is 423 g/mol. The van der Waals surface area contributed by atoms with E-state index in [9.17, 15) is 21.6 Å². The number of hydrogen-bond donors (Lipinski definition) is 1. The number of aromatic nitrogens is 1. The molecular weight excluding hydrogens is 413 g/mol. The van der Waals surface area contributed by atoms with Crippen LogP contribution in [0.4, 0.5) is 18.9 Å². The summed E-state index contributed by atoms with van der Waals surface area (Å²) in [7, 11) is -4.31. The van der Waals surface area contributed by atoms with Crippen LogP contribution < -0.4 is 4.72 Å². The van der Waals surface area contributed by atoms with E-state index < -0.39 is 33.2 Å². The third-order valence-corrected chi connectivity index (χ3v) is 5.31. The molecule has 2 aromatic carbocycles. The van der Waals surface area contributed by atoms with Gasteiger partial charge in [-0.2, -0.15) is 0 Å². The van der Waals surface area contributed by atoms with Crippen LogP contribution in [-0.2, 0) is 10.0 Å². The number of anilines is 1. The lowest BCUT2D eigenvalue weighted by Crippen LogP contribution is -2.15. The lowest BCUT2D eigenvalue weighted by Gasteiger charge is -2.11. The van der Waals surface area contributed by atoms with Crippen LogP contribution in [0.25, 0.3) is 0 Å². The fourth-order valence-electron chi connectivity index (χ4n) is 2.22. The van der Waals surface area contributed by atoms with Crippen LogP contribution in [0.1, 0.15) is 11.1 Å². The van der Waals surface area contributed by atoms with Crippen molar-refractivity contribution in [2.24, 2.45) is 0 Å². The highest BCUT2D eigenvalue weighted by molar-refractivity contribution is 7.92. The van der Waals surface area contributed by atoms with Crippen LogP contribution in [0.15, 0.2) is 59.8 Å². The summed E-state index contributed by atoms with van der Waals surface area (Å²) in [6.07, 6.45) is 2.28. The lowest BCUT2D eigenvalue weighted by atomic mass is 10.1. The van der Waals surface area contributed by atoms with E-state index in [4.69, 9.17) is 11.6 Å². The second-order valence-corrected chi connectivity index (χ2v) is 7.55. The third kappa shape index (κ3) is 4.44. The van der Waals surface area contributed by atoms with Gasteiger partial charge in [0.2, 0.25) is 0 Å². The van der Waals surface area contributed by atoms with Crippen LogP contribution in [-0.4, -0.2) is 13.4 Å². The molecule has 28 heavy (non-hydrogen) atoms. The summed E-state index contributed by atoms with van der Waals surface area (Å²) in [6, 6.07) is 8.30.